The molecule has 2 atom stereocenters. The van der Waals surface area contributed by atoms with Crippen molar-refractivity contribution in [1.29, 1.82) is 0 Å². The second kappa shape index (κ2) is 9.22. The second-order valence-corrected chi connectivity index (χ2v) is 8.00. The summed E-state index contributed by atoms with van der Waals surface area (Å²) in [4.78, 5) is 36.1. The lowest BCUT2D eigenvalue weighted by molar-refractivity contribution is -0.177. The summed E-state index contributed by atoms with van der Waals surface area (Å²) in [6.07, 6.45) is 3.26. The standard InChI is InChI=1S/C22H30O6/c1-5-21(3,4)20(25)27-14-18(23)26-15-19(24)28-22(13-9-10-16(22)2)17-11-7-6-8-12-17/h6-8,11-12,16H,5,9-10,13-15H2,1-4H3. The quantitative estimate of drug-likeness (QED) is 0.497. The summed E-state index contributed by atoms with van der Waals surface area (Å²) in [5.74, 6) is -1.68. The van der Waals surface area contributed by atoms with Gasteiger partial charge in [0, 0.05) is 5.92 Å². The molecule has 6 heteroatoms. The Morgan fingerprint density at radius 2 is 1.71 bits per heavy atom. The molecule has 1 saturated carbocycles. The Morgan fingerprint density at radius 3 is 2.29 bits per heavy atom. The highest BCUT2D eigenvalue weighted by atomic mass is 16.6. The normalized spacial score (nSPS) is 21.8. The molecule has 6 nitrogen and oxygen atoms in total. The molecular formula is C22H30O6. The Balaban J connectivity index is 1.89. The maximum atomic E-state index is 12.4. The van der Waals surface area contributed by atoms with Gasteiger partial charge >= 0.3 is 17.9 Å². The van der Waals surface area contributed by atoms with Crippen LogP contribution in [0.2, 0.25) is 0 Å². The SMILES string of the molecule is CCC(C)(C)C(=O)OCC(=O)OCC(=O)OC1(c2ccccc2)CCCC1C. The molecule has 0 N–H and O–H groups in total. The van der Waals surface area contributed by atoms with Gasteiger partial charge in [0.1, 0.15) is 5.60 Å². The van der Waals surface area contributed by atoms with Gasteiger partial charge in [0.2, 0.25) is 0 Å². The van der Waals surface area contributed by atoms with Crippen molar-refractivity contribution in [3.8, 4) is 0 Å². The number of ether oxygens (including phenoxy) is 3. The molecule has 2 rings (SSSR count). The molecule has 0 spiro atoms. The van der Waals surface area contributed by atoms with Crippen LogP contribution in [0.5, 0.6) is 0 Å². The van der Waals surface area contributed by atoms with E-state index >= 15 is 0 Å². The molecule has 1 aromatic rings. The van der Waals surface area contributed by atoms with Crippen LogP contribution in [0.1, 0.15) is 58.9 Å². The highest BCUT2D eigenvalue weighted by Gasteiger charge is 2.45. The lowest BCUT2D eigenvalue weighted by Crippen LogP contribution is -2.36. The number of hydrogen-bond donors (Lipinski definition) is 0. The van der Waals surface area contributed by atoms with E-state index in [4.69, 9.17) is 14.2 Å². The van der Waals surface area contributed by atoms with Gasteiger partial charge in [-0.1, -0.05) is 44.2 Å². The smallest absolute Gasteiger partial charge is 0.345 e. The summed E-state index contributed by atoms with van der Waals surface area (Å²) in [5, 5.41) is 0. The van der Waals surface area contributed by atoms with E-state index in [9.17, 15) is 14.4 Å². The maximum Gasteiger partial charge on any atom is 0.345 e. The molecule has 0 amide bonds. The van der Waals surface area contributed by atoms with Crippen molar-refractivity contribution in [2.45, 2.75) is 59.0 Å². The van der Waals surface area contributed by atoms with Crippen LogP contribution in [0, 0.1) is 11.3 Å². The summed E-state index contributed by atoms with van der Waals surface area (Å²) in [5.41, 5.74) is -0.405. The molecular weight excluding hydrogens is 360 g/mol. The molecule has 0 aliphatic heterocycles. The third-order valence-corrected chi connectivity index (χ3v) is 5.65. The van der Waals surface area contributed by atoms with Crippen LogP contribution in [0.25, 0.3) is 0 Å². The van der Waals surface area contributed by atoms with Crippen molar-refractivity contribution in [3.63, 3.8) is 0 Å². The van der Waals surface area contributed by atoms with Crippen LogP contribution in [0.4, 0.5) is 0 Å². The van der Waals surface area contributed by atoms with Gasteiger partial charge in [0.05, 0.1) is 5.41 Å². The predicted octanol–water partition coefficient (Wildman–Crippen LogP) is 3.77. The largest absolute Gasteiger partial charge is 0.453 e. The highest BCUT2D eigenvalue weighted by molar-refractivity contribution is 5.81. The van der Waals surface area contributed by atoms with Crippen LogP contribution >= 0.6 is 0 Å². The molecule has 1 aromatic carbocycles. The average molecular weight is 390 g/mol. The number of rotatable bonds is 8. The van der Waals surface area contributed by atoms with Gasteiger partial charge in [0.25, 0.3) is 0 Å². The Hall–Kier alpha value is -2.37. The molecule has 1 fully saturated rings. The first-order valence-electron chi connectivity index (χ1n) is 9.81. The van der Waals surface area contributed by atoms with Crippen molar-refractivity contribution in [1.82, 2.24) is 0 Å². The fourth-order valence-electron chi connectivity index (χ4n) is 3.39. The first-order chi connectivity index (χ1) is 13.2. The van der Waals surface area contributed by atoms with Crippen molar-refractivity contribution in [2.24, 2.45) is 11.3 Å². The highest BCUT2D eigenvalue weighted by Crippen LogP contribution is 2.46. The number of benzene rings is 1. The van der Waals surface area contributed by atoms with E-state index in [-0.39, 0.29) is 5.92 Å². The van der Waals surface area contributed by atoms with Gasteiger partial charge in [-0.2, -0.15) is 0 Å². The van der Waals surface area contributed by atoms with E-state index < -0.39 is 42.1 Å². The van der Waals surface area contributed by atoms with Crippen LogP contribution in [0.15, 0.2) is 30.3 Å². The van der Waals surface area contributed by atoms with E-state index in [0.29, 0.717) is 6.42 Å². The van der Waals surface area contributed by atoms with Gasteiger partial charge < -0.3 is 14.2 Å². The molecule has 1 aliphatic carbocycles. The number of esters is 3. The van der Waals surface area contributed by atoms with Gasteiger partial charge in [0.15, 0.2) is 13.2 Å². The van der Waals surface area contributed by atoms with Crippen LogP contribution in [-0.2, 0) is 34.2 Å². The zero-order valence-electron chi connectivity index (χ0n) is 17.2. The Kier molecular flexibility index (Phi) is 7.22. The van der Waals surface area contributed by atoms with Gasteiger partial charge in [-0.25, -0.2) is 9.59 Å². The Morgan fingerprint density at radius 1 is 1.07 bits per heavy atom. The Bertz CT molecular complexity index is 696. The van der Waals surface area contributed by atoms with Gasteiger partial charge in [-0.3, -0.25) is 4.79 Å². The zero-order chi connectivity index (χ0) is 20.8. The monoisotopic (exact) mass is 390 g/mol. The number of carbonyl (C=O) groups is 3. The van der Waals surface area contributed by atoms with E-state index in [0.717, 1.165) is 24.8 Å². The summed E-state index contributed by atoms with van der Waals surface area (Å²) in [7, 11) is 0. The third kappa shape index (κ3) is 5.12. The lowest BCUT2D eigenvalue weighted by atomic mass is 9.84. The van der Waals surface area contributed by atoms with Crippen LogP contribution in [0.3, 0.4) is 0 Å². The van der Waals surface area contributed by atoms with Gasteiger partial charge in [-0.05, 0) is 45.1 Å². The molecule has 2 unspecified atom stereocenters. The molecule has 0 bridgehead atoms. The second-order valence-electron chi connectivity index (χ2n) is 8.00. The Labute approximate surface area is 166 Å². The molecule has 0 saturated heterocycles. The first-order valence-corrected chi connectivity index (χ1v) is 9.81. The fourth-order valence-corrected chi connectivity index (χ4v) is 3.39. The zero-order valence-corrected chi connectivity index (χ0v) is 17.2. The predicted molar refractivity (Wildman–Crippen MR) is 103 cm³/mol. The minimum Gasteiger partial charge on any atom is -0.453 e. The topological polar surface area (TPSA) is 78.9 Å². The first kappa shape index (κ1) is 21.9. The summed E-state index contributed by atoms with van der Waals surface area (Å²) < 4.78 is 15.7. The maximum absolute atomic E-state index is 12.4. The molecule has 154 valence electrons. The summed E-state index contributed by atoms with van der Waals surface area (Å²) in [6.45, 7) is 6.38. The number of hydrogen-bond acceptors (Lipinski definition) is 6. The fraction of sp³-hybridized carbons (Fsp3) is 0.591. The summed E-state index contributed by atoms with van der Waals surface area (Å²) in [6, 6.07) is 9.66. The lowest BCUT2D eigenvalue weighted by Gasteiger charge is -2.34. The van der Waals surface area contributed by atoms with E-state index in [2.05, 4.69) is 6.92 Å². The van der Waals surface area contributed by atoms with E-state index in [1.165, 1.54) is 0 Å². The van der Waals surface area contributed by atoms with Crippen molar-refractivity contribution < 1.29 is 28.6 Å². The van der Waals surface area contributed by atoms with Crippen molar-refractivity contribution >= 4 is 17.9 Å². The molecule has 0 radical (unpaired) electrons. The minimum absolute atomic E-state index is 0.173. The van der Waals surface area contributed by atoms with Crippen LogP contribution in [-0.4, -0.2) is 31.1 Å². The molecule has 0 heterocycles. The average Bonchev–Trinajstić information content (AvgIpc) is 3.06. The minimum atomic E-state index is -0.773. The summed E-state index contributed by atoms with van der Waals surface area (Å²) >= 11 is 0. The van der Waals surface area contributed by atoms with Crippen molar-refractivity contribution in [2.75, 3.05) is 13.2 Å². The van der Waals surface area contributed by atoms with E-state index in [1.807, 2.05) is 37.3 Å². The molecule has 0 aromatic heterocycles. The number of carbonyl (C=O) groups excluding carboxylic acids is 3. The molecule has 1 aliphatic rings. The van der Waals surface area contributed by atoms with Gasteiger partial charge in [-0.15, -0.1) is 0 Å². The van der Waals surface area contributed by atoms with E-state index in [1.54, 1.807) is 13.8 Å². The van der Waals surface area contributed by atoms with Crippen LogP contribution < -0.4 is 0 Å². The van der Waals surface area contributed by atoms with Crippen molar-refractivity contribution in [3.05, 3.63) is 35.9 Å². The molecule has 28 heavy (non-hydrogen) atoms. The third-order valence-electron chi connectivity index (χ3n) is 5.65.